The van der Waals surface area contributed by atoms with E-state index in [2.05, 4.69) is 38.1 Å². The van der Waals surface area contributed by atoms with Crippen molar-refractivity contribution in [1.82, 2.24) is 20.1 Å². The monoisotopic (exact) mass is 601 g/mol. The van der Waals surface area contributed by atoms with Gasteiger partial charge in [0.05, 0.1) is 5.69 Å². The van der Waals surface area contributed by atoms with Crippen LogP contribution in [0.15, 0.2) is 53.0 Å². The topological polar surface area (TPSA) is 77.6 Å². The van der Waals surface area contributed by atoms with E-state index < -0.39 is 17.7 Å². The molecule has 2 aliphatic rings. The van der Waals surface area contributed by atoms with Crippen molar-refractivity contribution in [3.05, 3.63) is 58.6 Å². The zero-order valence-corrected chi connectivity index (χ0v) is 24.9. The SMILES string of the molecule is CN1CCN(CCOc2ccc([C@H](NC(=O)OC(C)(C)C)C(=O)N3CCCN3c3ccccc3Br)cc2)CC1. The number of likely N-dealkylation sites (N-methyl/N-ethyl adjacent to an activating group) is 1. The molecule has 0 unspecified atom stereocenters. The highest BCUT2D eigenvalue weighted by molar-refractivity contribution is 9.10. The number of benzene rings is 2. The van der Waals surface area contributed by atoms with E-state index in [1.165, 1.54) is 0 Å². The Morgan fingerprint density at radius 1 is 0.974 bits per heavy atom. The minimum atomic E-state index is -0.915. The number of nitrogens with zero attached hydrogens (tertiary/aromatic N) is 4. The number of hydrogen-bond acceptors (Lipinski definition) is 7. The van der Waals surface area contributed by atoms with Gasteiger partial charge in [-0.05, 0) is 80.0 Å². The first-order chi connectivity index (χ1) is 18.6. The Morgan fingerprint density at radius 3 is 2.33 bits per heavy atom. The van der Waals surface area contributed by atoms with Gasteiger partial charge < -0.3 is 19.7 Å². The van der Waals surface area contributed by atoms with Crippen molar-refractivity contribution < 1.29 is 19.1 Å². The molecule has 0 aliphatic carbocycles. The molecule has 39 heavy (non-hydrogen) atoms. The first-order valence-electron chi connectivity index (χ1n) is 13.6. The van der Waals surface area contributed by atoms with Crippen molar-refractivity contribution in [3.63, 3.8) is 0 Å². The van der Waals surface area contributed by atoms with E-state index in [1.807, 2.05) is 53.5 Å². The summed E-state index contributed by atoms with van der Waals surface area (Å²) in [4.78, 5) is 31.5. The second kappa shape index (κ2) is 13.0. The zero-order chi connectivity index (χ0) is 28.0. The van der Waals surface area contributed by atoms with Gasteiger partial charge in [0.15, 0.2) is 0 Å². The molecule has 0 saturated carbocycles. The maximum Gasteiger partial charge on any atom is 0.408 e. The van der Waals surface area contributed by atoms with Crippen LogP contribution in [0.5, 0.6) is 5.75 Å². The molecule has 2 aromatic carbocycles. The summed E-state index contributed by atoms with van der Waals surface area (Å²) in [5, 5.41) is 6.50. The van der Waals surface area contributed by atoms with Crippen LogP contribution in [-0.4, -0.2) is 91.9 Å². The molecule has 212 valence electrons. The largest absolute Gasteiger partial charge is 0.492 e. The Bertz CT molecular complexity index is 1120. The van der Waals surface area contributed by atoms with Crippen LogP contribution in [0.25, 0.3) is 0 Å². The maximum atomic E-state index is 14.0. The van der Waals surface area contributed by atoms with E-state index in [9.17, 15) is 9.59 Å². The van der Waals surface area contributed by atoms with Crippen molar-refractivity contribution in [2.24, 2.45) is 0 Å². The van der Waals surface area contributed by atoms with Gasteiger partial charge >= 0.3 is 6.09 Å². The molecule has 2 aromatic rings. The van der Waals surface area contributed by atoms with E-state index in [1.54, 1.807) is 25.8 Å². The highest BCUT2D eigenvalue weighted by atomic mass is 79.9. The van der Waals surface area contributed by atoms with Gasteiger partial charge in [-0.25, -0.2) is 4.79 Å². The molecule has 1 N–H and O–H groups in total. The summed E-state index contributed by atoms with van der Waals surface area (Å²) in [6.07, 6.45) is 0.187. The van der Waals surface area contributed by atoms with Gasteiger partial charge in [-0.1, -0.05) is 24.3 Å². The molecule has 2 aliphatic heterocycles. The number of anilines is 1. The summed E-state index contributed by atoms with van der Waals surface area (Å²) in [5.74, 6) is 0.505. The average Bonchev–Trinajstić information content (AvgIpc) is 3.38. The summed E-state index contributed by atoms with van der Waals surface area (Å²) in [6.45, 7) is 12.4. The van der Waals surface area contributed by atoms with E-state index >= 15 is 0 Å². The molecule has 1 atom stereocenters. The quantitative estimate of drug-likeness (QED) is 0.483. The highest BCUT2D eigenvalue weighted by Crippen LogP contribution is 2.31. The van der Waals surface area contributed by atoms with Crippen molar-refractivity contribution >= 4 is 33.6 Å². The van der Waals surface area contributed by atoms with Gasteiger partial charge in [-0.15, -0.1) is 0 Å². The predicted molar refractivity (Wildman–Crippen MR) is 156 cm³/mol. The highest BCUT2D eigenvalue weighted by Gasteiger charge is 2.35. The van der Waals surface area contributed by atoms with Crippen LogP contribution < -0.4 is 15.1 Å². The Labute approximate surface area is 240 Å². The van der Waals surface area contributed by atoms with Crippen LogP contribution in [-0.2, 0) is 9.53 Å². The number of rotatable bonds is 8. The van der Waals surface area contributed by atoms with E-state index in [4.69, 9.17) is 9.47 Å². The van der Waals surface area contributed by atoms with Gasteiger partial charge in [0, 0.05) is 50.3 Å². The molecule has 0 bridgehead atoms. The molecule has 2 fully saturated rings. The Morgan fingerprint density at radius 2 is 1.67 bits per heavy atom. The number of carbonyl (C=O) groups excluding carboxylic acids is 2. The Kier molecular flexibility index (Phi) is 9.74. The van der Waals surface area contributed by atoms with Gasteiger partial charge in [0.2, 0.25) is 0 Å². The number of hydrogen-bond donors (Lipinski definition) is 1. The number of carbonyl (C=O) groups is 2. The Balaban J connectivity index is 1.47. The lowest BCUT2D eigenvalue weighted by Crippen LogP contribution is -2.49. The van der Waals surface area contributed by atoms with Gasteiger partial charge in [-0.2, -0.15) is 0 Å². The standard InChI is InChI=1S/C29H40BrN5O4/c1-29(2,3)39-28(37)31-26(27(36)35-15-7-14-34(35)25-9-6-5-8-24(25)30)22-10-12-23(13-11-22)38-21-20-33-18-16-32(4)17-19-33/h5-6,8-13,26H,7,14-21H2,1-4H3,(H,31,37)/t26-/m0/s1. The second-order valence-corrected chi connectivity index (χ2v) is 11.9. The van der Waals surface area contributed by atoms with Gasteiger partial charge in [0.1, 0.15) is 24.0 Å². The summed E-state index contributed by atoms with van der Waals surface area (Å²) in [7, 11) is 2.15. The third kappa shape index (κ3) is 8.09. The van der Waals surface area contributed by atoms with Gasteiger partial charge in [-0.3, -0.25) is 19.7 Å². The molecule has 9 nitrogen and oxygen atoms in total. The summed E-state index contributed by atoms with van der Waals surface area (Å²) in [5.41, 5.74) is 0.882. The van der Waals surface area contributed by atoms with Crippen LogP contribution in [0.1, 0.15) is 38.8 Å². The molecular formula is C29H40BrN5O4. The normalized spacial score (nSPS) is 17.7. The van der Waals surface area contributed by atoms with Crippen LogP contribution >= 0.6 is 15.9 Å². The Hall–Kier alpha value is -2.82. The van der Waals surface area contributed by atoms with Crippen molar-refractivity contribution in [2.45, 2.75) is 38.8 Å². The molecule has 2 saturated heterocycles. The lowest BCUT2D eigenvalue weighted by Gasteiger charge is -2.33. The zero-order valence-electron chi connectivity index (χ0n) is 23.4. The first kappa shape index (κ1) is 29.2. The van der Waals surface area contributed by atoms with Crippen LogP contribution in [0, 0.1) is 0 Å². The fourth-order valence-electron chi connectivity index (χ4n) is 4.74. The number of ether oxygens (including phenoxy) is 2. The molecule has 2 heterocycles. The predicted octanol–water partition coefficient (Wildman–Crippen LogP) is 4.30. The number of hydrazine groups is 1. The summed E-state index contributed by atoms with van der Waals surface area (Å²) in [6, 6.07) is 14.3. The number of piperazine rings is 1. The summed E-state index contributed by atoms with van der Waals surface area (Å²) >= 11 is 3.61. The van der Waals surface area contributed by atoms with E-state index in [-0.39, 0.29) is 5.91 Å². The molecule has 0 spiro atoms. The molecule has 0 aromatic heterocycles. The van der Waals surface area contributed by atoms with Crippen molar-refractivity contribution in [2.75, 3.05) is 64.5 Å². The third-order valence-electron chi connectivity index (χ3n) is 6.81. The lowest BCUT2D eigenvalue weighted by atomic mass is 10.1. The van der Waals surface area contributed by atoms with Crippen molar-refractivity contribution in [3.8, 4) is 5.75 Å². The van der Waals surface area contributed by atoms with Crippen LogP contribution in [0.3, 0.4) is 0 Å². The maximum absolute atomic E-state index is 14.0. The van der Waals surface area contributed by atoms with Gasteiger partial charge in [0.25, 0.3) is 5.91 Å². The number of alkyl carbamates (subject to hydrolysis) is 1. The fourth-order valence-corrected chi connectivity index (χ4v) is 5.22. The molecule has 10 heteroatoms. The number of para-hydroxylation sites is 1. The van der Waals surface area contributed by atoms with E-state index in [0.29, 0.717) is 25.3 Å². The third-order valence-corrected chi connectivity index (χ3v) is 7.48. The number of nitrogens with one attached hydrogen (secondary N) is 1. The molecule has 4 rings (SSSR count). The minimum Gasteiger partial charge on any atom is -0.492 e. The molecule has 2 amide bonds. The number of halogens is 1. The van der Waals surface area contributed by atoms with Crippen LogP contribution in [0.2, 0.25) is 0 Å². The fraction of sp³-hybridized carbons (Fsp3) is 0.517. The first-order valence-corrected chi connectivity index (χ1v) is 14.4. The van der Waals surface area contributed by atoms with Crippen molar-refractivity contribution in [1.29, 1.82) is 0 Å². The molecular weight excluding hydrogens is 562 g/mol. The smallest absolute Gasteiger partial charge is 0.408 e. The van der Waals surface area contributed by atoms with Crippen LogP contribution in [0.4, 0.5) is 10.5 Å². The summed E-state index contributed by atoms with van der Waals surface area (Å²) < 4.78 is 12.4. The minimum absolute atomic E-state index is 0.224. The second-order valence-electron chi connectivity index (χ2n) is 11.0. The lowest BCUT2D eigenvalue weighted by molar-refractivity contribution is -0.133. The number of amides is 2. The molecule has 0 radical (unpaired) electrons. The van der Waals surface area contributed by atoms with E-state index in [0.717, 1.165) is 55.1 Å². The average molecular weight is 603 g/mol.